The van der Waals surface area contributed by atoms with E-state index in [0.717, 1.165) is 17.0 Å². The molecular weight excluding hydrogens is 248 g/mol. The van der Waals surface area contributed by atoms with Gasteiger partial charge in [0.25, 0.3) is 0 Å². The maximum Gasteiger partial charge on any atom is 0.247 e. The zero-order valence-electron chi connectivity index (χ0n) is 10.5. The Labute approximate surface area is 111 Å². The number of aromatic nitrogens is 2. The lowest BCUT2D eigenvalue weighted by Crippen LogP contribution is -2.14. The van der Waals surface area contributed by atoms with Crippen molar-refractivity contribution in [3.05, 3.63) is 52.3 Å². The second kappa shape index (κ2) is 5.36. The van der Waals surface area contributed by atoms with Crippen LogP contribution in [0.5, 0.6) is 0 Å². The highest BCUT2D eigenvalue weighted by molar-refractivity contribution is 6.30. The predicted octanol–water partition coefficient (Wildman–Crippen LogP) is 3.43. The highest BCUT2D eigenvalue weighted by Crippen LogP contribution is 2.12. The minimum Gasteiger partial charge on any atom is -0.273 e. The molecule has 0 spiro atoms. The van der Waals surface area contributed by atoms with Gasteiger partial charge >= 0.3 is 0 Å². The molecule has 0 atom stereocenters. The van der Waals surface area contributed by atoms with E-state index in [1.807, 2.05) is 44.2 Å². The Kier molecular flexibility index (Phi) is 3.82. The fourth-order valence-electron chi connectivity index (χ4n) is 1.89. The van der Waals surface area contributed by atoms with Crippen molar-refractivity contribution in [1.29, 1.82) is 0 Å². The summed E-state index contributed by atoms with van der Waals surface area (Å²) >= 11 is 5.81. The second-order valence-corrected chi connectivity index (χ2v) is 4.80. The number of hydrogen-bond donors (Lipinski definition) is 0. The molecule has 18 heavy (non-hydrogen) atoms. The number of benzene rings is 1. The van der Waals surface area contributed by atoms with E-state index >= 15 is 0 Å². The van der Waals surface area contributed by atoms with Gasteiger partial charge in [-0.05, 0) is 44.0 Å². The van der Waals surface area contributed by atoms with Crippen molar-refractivity contribution in [1.82, 2.24) is 9.78 Å². The normalized spacial score (nSPS) is 10.6. The van der Waals surface area contributed by atoms with Crippen LogP contribution in [0.15, 0.2) is 30.3 Å². The Balaban J connectivity index is 2.00. The molecule has 2 aromatic rings. The summed E-state index contributed by atoms with van der Waals surface area (Å²) in [5.41, 5.74) is 2.86. The average Bonchev–Trinajstić information content (AvgIpc) is 2.67. The van der Waals surface area contributed by atoms with Crippen LogP contribution in [0.1, 0.15) is 28.2 Å². The van der Waals surface area contributed by atoms with E-state index in [1.54, 1.807) is 0 Å². The quantitative estimate of drug-likeness (QED) is 0.849. The van der Waals surface area contributed by atoms with E-state index in [0.29, 0.717) is 17.9 Å². The summed E-state index contributed by atoms with van der Waals surface area (Å²) in [6, 6.07) is 9.46. The highest BCUT2D eigenvalue weighted by atomic mass is 35.5. The third-order valence-corrected chi connectivity index (χ3v) is 3.04. The zero-order chi connectivity index (χ0) is 13.1. The third kappa shape index (κ3) is 2.99. The molecule has 0 aliphatic carbocycles. The summed E-state index contributed by atoms with van der Waals surface area (Å²) in [7, 11) is 0. The number of aryl methyl sites for hydroxylation is 3. The molecule has 2 rings (SSSR count). The van der Waals surface area contributed by atoms with Crippen LogP contribution in [-0.2, 0) is 6.42 Å². The van der Waals surface area contributed by atoms with Crippen LogP contribution in [0, 0.1) is 13.8 Å². The van der Waals surface area contributed by atoms with E-state index in [2.05, 4.69) is 5.10 Å². The first-order chi connectivity index (χ1) is 8.56. The first-order valence-electron chi connectivity index (χ1n) is 5.87. The van der Waals surface area contributed by atoms with Crippen molar-refractivity contribution in [2.45, 2.75) is 26.7 Å². The fraction of sp³-hybridized carbons (Fsp3) is 0.286. The number of nitrogens with zero attached hydrogens (tertiary/aromatic N) is 2. The van der Waals surface area contributed by atoms with Crippen LogP contribution < -0.4 is 0 Å². The van der Waals surface area contributed by atoms with Crippen molar-refractivity contribution in [2.75, 3.05) is 0 Å². The highest BCUT2D eigenvalue weighted by Gasteiger charge is 2.09. The summed E-state index contributed by atoms with van der Waals surface area (Å²) in [5.74, 6) is 0.0237. The Morgan fingerprint density at radius 3 is 2.50 bits per heavy atom. The molecule has 0 saturated carbocycles. The molecule has 0 saturated heterocycles. The SMILES string of the molecule is Cc1cc(C)n(C(=O)CCc2ccc(Cl)cc2)n1. The maximum absolute atomic E-state index is 12.0. The molecule has 1 aromatic carbocycles. The lowest BCUT2D eigenvalue weighted by Gasteiger charge is -2.03. The van der Waals surface area contributed by atoms with Gasteiger partial charge in [0.05, 0.1) is 5.69 Å². The predicted molar refractivity (Wildman–Crippen MR) is 72.1 cm³/mol. The molecule has 1 aromatic heterocycles. The van der Waals surface area contributed by atoms with Gasteiger partial charge in [-0.25, -0.2) is 4.68 Å². The second-order valence-electron chi connectivity index (χ2n) is 4.36. The summed E-state index contributed by atoms with van der Waals surface area (Å²) in [6.07, 6.45) is 1.15. The van der Waals surface area contributed by atoms with Crippen LogP contribution in [0.4, 0.5) is 0 Å². The monoisotopic (exact) mass is 262 g/mol. The molecule has 0 bridgehead atoms. The van der Waals surface area contributed by atoms with Gasteiger partial charge in [-0.15, -0.1) is 0 Å². The topological polar surface area (TPSA) is 34.9 Å². The van der Waals surface area contributed by atoms with Gasteiger partial charge < -0.3 is 0 Å². The van der Waals surface area contributed by atoms with Crippen molar-refractivity contribution >= 4 is 17.5 Å². The van der Waals surface area contributed by atoms with Gasteiger partial charge in [-0.2, -0.15) is 5.10 Å². The number of carbonyl (C=O) groups excluding carboxylic acids is 1. The minimum absolute atomic E-state index is 0.0237. The van der Waals surface area contributed by atoms with E-state index in [-0.39, 0.29) is 5.91 Å². The summed E-state index contributed by atoms with van der Waals surface area (Å²) in [4.78, 5) is 12.0. The lowest BCUT2D eigenvalue weighted by molar-refractivity contribution is 0.0884. The van der Waals surface area contributed by atoms with E-state index in [9.17, 15) is 4.79 Å². The van der Waals surface area contributed by atoms with Crippen LogP contribution in [0.2, 0.25) is 5.02 Å². The molecular formula is C14H15ClN2O. The lowest BCUT2D eigenvalue weighted by atomic mass is 10.1. The molecule has 0 fully saturated rings. The number of rotatable bonds is 3. The van der Waals surface area contributed by atoms with Crippen molar-refractivity contribution < 1.29 is 4.79 Å². The van der Waals surface area contributed by atoms with Crippen LogP contribution in [0.3, 0.4) is 0 Å². The molecule has 3 nitrogen and oxygen atoms in total. The van der Waals surface area contributed by atoms with Crippen LogP contribution in [0.25, 0.3) is 0 Å². The van der Waals surface area contributed by atoms with Crippen molar-refractivity contribution in [3.8, 4) is 0 Å². The summed E-state index contributed by atoms with van der Waals surface area (Å²) in [5, 5.41) is 4.89. The molecule has 0 N–H and O–H groups in total. The molecule has 0 amide bonds. The molecule has 0 radical (unpaired) electrons. The van der Waals surface area contributed by atoms with E-state index < -0.39 is 0 Å². The van der Waals surface area contributed by atoms with Gasteiger partial charge in [0.15, 0.2) is 0 Å². The standard InChI is InChI=1S/C14H15ClN2O/c1-10-9-11(2)17(16-10)14(18)8-5-12-3-6-13(15)7-4-12/h3-4,6-7,9H,5,8H2,1-2H3. The Bertz CT molecular complexity index is 558. The number of hydrogen-bond acceptors (Lipinski definition) is 2. The first-order valence-corrected chi connectivity index (χ1v) is 6.25. The van der Waals surface area contributed by atoms with E-state index in [4.69, 9.17) is 11.6 Å². The first kappa shape index (κ1) is 12.8. The fourth-order valence-corrected chi connectivity index (χ4v) is 2.02. The largest absolute Gasteiger partial charge is 0.273 e. The van der Waals surface area contributed by atoms with Gasteiger partial charge in [-0.1, -0.05) is 23.7 Å². The minimum atomic E-state index is 0.0237. The third-order valence-electron chi connectivity index (χ3n) is 2.79. The van der Waals surface area contributed by atoms with Crippen molar-refractivity contribution in [2.24, 2.45) is 0 Å². The maximum atomic E-state index is 12.0. The number of carbonyl (C=O) groups is 1. The number of halogens is 1. The Morgan fingerprint density at radius 1 is 1.28 bits per heavy atom. The van der Waals surface area contributed by atoms with Crippen LogP contribution in [-0.4, -0.2) is 15.7 Å². The molecule has 1 heterocycles. The van der Waals surface area contributed by atoms with E-state index in [1.165, 1.54) is 4.68 Å². The molecule has 0 aliphatic rings. The summed E-state index contributed by atoms with van der Waals surface area (Å²) < 4.78 is 1.48. The Morgan fingerprint density at radius 2 is 1.94 bits per heavy atom. The smallest absolute Gasteiger partial charge is 0.247 e. The van der Waals surface area contributed by atoms with Crippen LogP contribution >= 0.6 is 11.6 Å². The van der Waals surface area contributed by atoms with Gasteiger partial charge in [-0.3, -0.25) is 4.79 Å². The summed E-state index contributed by atoms with van der Waals surface area (Å²) in [6.45, 7) is 3.77. The molecule has 0 unspecified atom stereocenters. The Hall–Kier alpha value is -1.61. The molecule has 4 heteroatoms. The molecule has 0 aliphatic heterocycles. The average molecular weight is 263 g/mol. The zero-order valence-corrected chi connectivity index (χ0v) is 11.2. The molecule has 94 valence electrons. The van der Waals surface area contributed by atoms with Gasteiger partial charge in [0, 0.05) is 17.1 Å². The van der Waals surface area contributed by atoms with Crippen molar-refractivity contribution in [3.63, 3.8) is 0 Å². The van der Waals surface area contributed by atoms with Gasteiger partial charge in [0.1, 0.15) is 0 Å². The van der Waals surface area contributed by atoms with Gasteiger partial charge in [0.2, 0.25) is 5.91 Å².